The van der Waals surface area contributed by atoms with E-state index in [1.54, 1.807) is 0 Å². The zero-order valence-corrected chi connectivity index (χ0v) is 14.5. The van der Waals surface area contributed by atoms with Crippen LogP contribution in [0.25, 0.3) is 11.5 Å². The number of hydrogen-bond acceptors (Lipinski definition) is 5. The van der Waals surface area contributed by atoms with Gasteiger partial charge in [0.2, 0.25) is 11.8 Å². The maximum Gasteiger partial charge on any atom is 0.277 e. The Labute approximate surface area is 140 Å². The molecule has 1 aliphatic rings. The molecule has 1 aromatic carbocycles. The van der Waals surface area contributed by atoms with Gasteiger partial charge in [-0.05, 0) is 29.5 Å². The molecule has 0 unspecified atom stereocenters. The van der Waals surface area contributed by atoms with E-state index in [0.717, 1.165) is 25.1 Å². The first-order valence-corrected chi connectivity index (χ1v) is 8.77. The van der Waals surface area contributed by atoms with E-state index in [2.05, 4.69) is 43.1 Å². The van der Waals surface area contributed by atoms with Crippen molar-refractivity contribution in [3.05, 3.63) is 29.8 Å². The molecule has 1 amide bonds. The highest BCUT2D eigenvalue weighted by Crippen LogP contribution is 2.27. The minimum atomic E-state index is 0.117. The number of nitrogens with zero attached hydrogens (tertiary/aromatic N) is 3. The van der Waals surface area contributed by atoms with Crippen molar-refractivity contribution in [2.45, 2.75) is 37.8 Å². The molecule has 0 spiro atoms. The predicted octanol–water partition coefficient (Wildman–Crippen LogP) is 3.36. The highest BCUT2D eigenvalue weighted by Gasteiger charge is 2.21. The van der Waals surface area contributed by atoms with Crippen molar-refractivity contribution in [2.75, 3.05) is 18.8 Å². The number of rotatable bonds is 4. The van der Waals surface area contributed by atoms with Crippen LogP contribution >= 0.6 is 11.8 Å². The number of hydrogen-bond donors (Lipinski definition) is 0. The first kappa shape index (κ1) is 16.1. The van der Waals surface area contributed by atoms with E-state index in [0.29, 0.717) is 16.9 Å². The third-order valence-corrected chi connectivity index (χ3v) is 4.74. The highest BCUT2D eigenvalue weighted by atomic mass is 32.2. The average Bonchev–Trinajstić information content (AvgIpc) is 2.91. The monoisotopic (exact) mass is 331 g/mol. The fourth-order valence-corrected chi connectivity index (χ4v) is 2.94. The number of benzene rings is 1. The van der Waals surface area contributed by atoms with Crippen LogP contribution in [0.3, 0.4) is 0 Å². The van der Waals surface area contributed by atoms with Gasteiger partial charge in [0.1, 0.15) is 0 Å². The second kappa shape index (κ2) is 6.35. The van der Waals surface area contributed by atoms with E-state index < -0.39 is 0 Å². The fourth-order valence-electron chi connectivity index (χ4n) is 2.28. The van der Waals surface area contributed by atoms with E-state index in [1.807, 2.05) is 17.0 Å². The van der Waals surface area contributed by atoms with Crippen LogP contribution in [0.2, 0.25) is 0 Å². The molecule has 2 aromatic rings. The Morgan fingerprint density at radius 1 is 1.22 bits per heavy atom. The molecule has 122 valence electrons. The van der Waals surface area contributed by atoms with Crippen LogP contribution < -0.4 is 0 Å². The summed E-state index contributed by atoms with van der Waals surface area (Å²) in [6, 6.07) is 8.15. The second-order valence-corrected chi connectivity index (χ2v) is 7.65. The lowest BCUT2D eigenvalue weighted by molar-refractivity contribution is -0.131. The van der Waals surface area contributed by atoms with Crippen LogP contribution in [0.5, 0.6) is 0 Å². The molecule has 1 aliphatic heterocycles. The zero-order valence-electron chi connectivity index (χ0n) is 13.7. The topological polar surface area (TPSA) is 59.2 Å². The van der Waals surface area contributed by atoms with Crippen LogP contribution in [-0.4, -0.2) is 39.8 Å². The van der Waals surface area contributed by atoms with Crippen molar-refractivity contribution >= 4 is 17.7 Å². The molecule has 0 N–H and O–H groups in total. The van der Waals surface area contributed by atoms with Crippen molar-refractivity contribution in [1.29, 1.82) is 0 Å². The van der Waals surface area contributed by atoms with Gasteiger partial charge < -0.3 is 9.32 Å². The number of likely N-dealkylation sites (tertiary alicyclic amines) is 1. The summed E-state index contributed by atoms with van der Waals surface area (Å²) in [5.41, 5.74) is 2.27. The van der Waals surface area contributed by atoms with Crippen molar-refractivity contribution < 1.29 is 9.21 Å². The van der Waals surface area contributed by atoms with Gasteiger partial charge in [-0.25, -0.2) is 0 Å². The molecule has 6 heteroatoms. The molecule has 0 bridgehead atoms. The third kappa shape index (κ3) is 3.75. The lowest BCUT2D eigenvalue weighted by Gasteiger charge is -2.30. The molecule has 1 aromatic heterocycles. The SMILES string of the molecule is CC(C)(C)c1ccc(-c2nnc(SCC(=O)N3CCC3)o2)cc1. The maximum atomic E-state index is 11.8. The van der Waals surface area contributed by atoms with Gasteiger partial charge in [0.05, 0.1) is 5.75 Å². The zero-order chi connectivity index (χ0) is 16.4. The predicted molar refractivity (Wildman–Crippen MR) is 90.4 cm³/mol. The summed E-state index contributed by atoms with van der Waals surface area (Å²) in [7, 11) is 0. The van der Waals surface area contributed by atoms with Crippen LogP contribution in [0.1, 0.15) is 32.8 Å². The quantitative estimate of drug-likeness (QED) is 0.804. The Kier molecular flexibility index (Phi) is 4.43. The molecule has 0 radical (unpaired) electrons. The third-order valence-electron chi connectivity index (χ3n) is 3.93. The summed E-state index contributed by atoms with van der Waals surface area (Å²) in [6.45, 7) is 8.28. The Morgan fingerprint density at radius 2 is 1.91 bits per heavy atom. The second-order valence-electron chi connectivity index (χ2n) is 6.72. The van der Waals surface area contributed by atoms with Gasteiger partial charge in [-0.2, -0.15) is 0 Å². The number of aromatic nitrogens is 2. The molecule has 5 nitrogen and oxygen atoms in total. The molecule has 1 saturated heterocycles. The summed E-state index contributed by atoms with van der Waals surface area (Å²) in [5, 5.41) is 8.53. The van der Waals surface area contributed by atoms with E-state index in [1.165, 1.54) is 17.3 Å². The van der Waals surface area contributed by atoms with E-state index in [4.69, 9.17) is 4.42 Å². The first-order chi connectivity index (χ1) is 10.9. The summed E-state index contributed by atoms with van der Waals surface area (Å²) < 4.78 is 5.65. The summed E-state index contributed by atoms with van der Waals surface area (Å²) >= 11 is 1.30. The summed E-state index contributed by atoms with van der Waals surface area (Å²) in [5.74, 6) is 0.977. The molecular weight excluding hydrogens is 310 g/mol. The van der Waals surface area contributed by atoms with Crippen LogP contribution in [0.4, 0.5) is 0 Å². The van der Waals surface area contributed by atoms with Crippen molar-refractivity contribution in [3.8, 4) is 11.5 Å². The Morgan fingerprint density at radius 3 is 2.48 bits per heavy atom. The first-order valence-electron chi connectivity index (χ1n) is 7.78. The average molecular weight is 331 g/mol. The van der Waals surface area contributed by atoms with Gasteiger partial charge >= 0.3 is 0 Å². The molecule has 23 heavy (non-hydrogen) atoms. The van der Waals surface area contributed by atoms with E-state index in [-0.39, 0.29) is 11.3 Å². The highest BCUT2D eigenvalue weighted by molar-refractivity contribution is 7.99. The number of amides is 1. The van der Waals surface area contributed by atoms with Crippen molar-refractivity contribution in [2.24, 2.45) is 0 Å². The van der Waals surface area contributed by atoms with Crippen LogP contribution in [0, 0.1) is 0 Å². The normalized spacial score (nSPS) is 14.7. The Bertz CT molecular complexity index is 685. The van der Waals surface area contributed by atoms with Crippen LogP contribution in [0.15, 0.2) is 33.9 Å². The minimum absolute atomic E-state index is 0.117. The minimum Gasteiger partial charge on any atom is -0.411 e. The molecule has 3 rings (SSSR count). The van der Waals surface area contributed by atoms with Gasteiger partial charge in [-0.1, -0.05) is 44.7 Å². The van der Waals surface area contributed by atoms with E-state index in [9.17, 15) is 4.79 Å². The molecular formula is C17H21N3O2S. The fraction of sp³-hybridized carbons (Fsp3) is 0.471. The standard InChI is InChI=1S/C17H21N3O2S/c1-17(2,3)13-7-5-12(6-8-13)15-18-19-16(22-15)23-11-14(21)20-9-4-10-20/h5-8H,4,9-11H2,1-3H3. The van der Waals surface area contributed by atoms with Gasteiger partial charge in [0, 0.05) is 18.7 Å². The lowest BCUT2D eigenvalue weighted by Crippen LogP contribution is -2.43. The molecule has 0 aliphatic carbocycles. The Hall–Kier alpha value is -1.82. The molecule has 0 saturated carbocycles. The smallest absolute Gasteiger partial charge is 0.277 e. The van der Waals surface area contributed by atoms with Gasteiger partial charge in [0.15, 0.2) is 0 Å². The summed E-state index contributed by atoms with van der Waals surface area (Å²) in [6.07, 6.45) is 1.10. The maximum absolute atomic E-state index is 11.8. The number of carbonyl (C=O) groups is 1. The van der Waals surface area contributed by atoms with Crippen molar-refractivity contribution in [3.63, 3.8) is 0 Å². The Balaban J connectivity index is 1.63. The van der Waals surface area contributed by atoms with Crippen molar-refractivity contribution in [1.82, 2.24) is 15.1 Å². The number of thioether (sulfide) groups is 1. The molecule has 0 atom stereocenters. The molecule has 2 heterocycles. The van der Waals surface area contributed by atoms with Gasteiger partial charge in [-0.15, -0.1) is 10.2 Å². The van der Waals surface area contributed by atoms with E-state index >= 15 is 0 Å². The number of carbonyl (C=O) groups excluding carboxylic acids is 1. The molecule has 1 fully saturated rings. The van der Waals surface area contributed by atoms with Crippen LogP contribution in [-0.2, 0) is 10.2 Å². The largest absolute Gasteiger partial charge is 0.411 e. The van der Waals surface area contributed by atoms with Gasteiger partial charge in [0.25, 0.3) is 5.22 Å². The van der Waals surface area contributed by atoms with Gasteiger partial charge in [-0.3, -0.25) is 4.79 Å². The lowest BCUT2D eigenvalue weighted by atomic mass is 9.87. The summed E-state index contributed by atoms with van der Waals surface area (Å²) in [4.78, 5) is 13.7.